The Morgan fingerprint density at radius 1 is 1.12 bits per heavy atom. The molecule has 1 aromatic heterocycles. The number of nitrogens with zero attached hydrogens (tertiary/aromatic N) is 2. The normalized spacial score (nSPS) is 16.4. The predicted octanol–water partition coefficient (Wildman–Crippen LogP) is 2.74. The van der Waals surface area contributed by atoms with Crippen molar-refractivity contribution >= 4 is 21.6 Å². The van der Waals surface area contributed by atoms with E-state index in [1.165, 1.54) is 10.5 Å². The van der Waals surface area contributed by atoms with Gasteiger partial charge in [-0.2, -0.15) is 4.31 Å². The summed E-state index contributed by atoms with van der Waals surface area (Å²) in [6, 6.07) is 9.04. The molecule has 0 aliphatic carbocycles. The number of rotatable bonds is 4. The molecule has 0 bridgehead atoms. The fourth-order valence-electron chi connectivity index (χ4n) is 3.24. The third-order valence-electron chi connectivity index (χ3n) is 4.83. The smallest absolute Gasteiger partial charge is 0.244 e. The van der Waals surface area contributed by atoms with E-state index in [2.05, 4.69) is 10.3 Å². The second-order valence-electron chi connectivity index (χ2n) is 6.62. The molecule has 1 aromatic carbocycles. The van der Waals surface area contributed by atoms with Crippen LogP contribution in [0.5, 0.6) is 0 Å². The summed E-state index contributed by atoms with van der Waals surface area (Å²) in [5.41, 5.74) is 2.90. The Bertz CT molecular complexity index is 869. The van der Waals surface area contributed by atoms with E-state index >= 15 is 0 Å². The minimum atomic E-state index is -3.54. The van der Waals surface area contributed by atoms with Crippen LogP contribution in [0.4, 0.5) is 5.69 Å². The van der Waals surface area contributed by atoms with Gasteiger partial charge >= 0.3 is 0 Å². The van der Waals surface area contributed by atoms with Gasteiger partial charge in [-0.1, -0.05) is 18.2 Å². The highest BCUT2D eigenvalue weighted by Crippen LogP contribution is 2.26. The van der Waals surface area contributed by atoms with Crippen LogP contribution >= 0.6 is 0 Å². The van der Waals surface area contributed by atoms with E-state index in [-0.39, 0.29) is 16.7 Å². The fraction of sp³-hybridized carbons (Fsp3) is 0.368. The van der Waals surface area contributed by atoms with E-state index in [0.29, 0.717) is 25.9 Å². The van der Waals surface area contributed by atoms with Crippen molar-refractivity contribution in [2.24, 2.45) is 5.92 Å². The molecule has 1 fully saturated rings. The van der Waals surface area contributed by atoms with Crippen LogP contribution in [-0.4, -0.2) is 36.7 Å². The lowest BCUT2D eigenvalue weighted by molar-refractivity contribution is -0.120. The monoisotopic (exact) mass is 373 g/mol. The largest absolute Gasteiger partial charge is 0.325 e. The lowest BCUT2D eigenvalue weighted by atomic mass is 9.96. The lowest BCUT2D eigenvalue weighted by Crippen LogP contribution is -2.41. The first-order chi connectivity index (χ1) is 12.4. The molecule has 1 N–H and O–H groups in total. The van der Waals surface area contributed by atoms with Crippen molar-refractivity contribution in [1.29, 1.82) is 0 Å². The molecule has 0 saturated carbocycles. The summed E-state index contributed by atoms with van der Waals surface area (Å²) in [7, 11) is -3.54. The average molecular weight is 373 g/mol. The molecule has 26 heavy (non-hydrogen) atoms. The maximum absolute atomic E-state index is 12.6. The number of nitrogens with one attached hydrogen (secondary N) is 1. The number of aryl methyl sites for hydroxylation is 2. The van der Waals surface area contributed by atoms with Gasteiger partial charge in [-0.3, -0.25) is 9.78 Å². The topological polar surface area (TPSA) is 79.4 Å². The first-order valence-electron chi connectivity index (χ1n) is 8.67. The third kappa shape index (κ3) is 3.78. The maximum Gasteiger partial charge on any atom is 0.244 e. The van der Waals surface area contributed by atoms with Crippen LogP contribution in [0.3, 0.4) is 0 Å². The van der Waals surface area contributed by atoms with Crippen LogP contribution in [0, 0.1) is 19.8 Å². The number of carbonyl (C=O) groups is 1. The molecule has 3 rings (SSSR count). The molecule has 1 aliphatic rings. The Balaban J connectivity index is 1.64. The minimum absolute atomic E-state index is 0.0409. The van der Waals surface area contributed by atoms with E-state index in [1.54, 1.807) is 18.3 Å². The molecule has 0 unspecified atom stereocenters. The number of anilines is 1. The van der Waals surface area contributed by atoms with Gasteiger partial charge in [0.1, 0.15) is 4.90 Å². The Morgan fingerprint density at radius 3 is 2.35 bits per heavy atom. The molecule has 6 nitrogen and oxygen atoms in total. The van der Waals surface area contributed by atoms with Crippen LogP contribution in [0.15, 0.2) is 47.6 Å². The highest BCUT2D eigenvalue weighted by atomic mass is 32.2. The van der Waals surface area contributed by atoms with Gasteiger partial charge in [-0.25, -0.2) is 8.42 Å². The molecule has 7 heteroatoms. The van der Waals surface area contributed by atoms with Crippen LogP contribution in [-0.2, 0) is 14.8 Å². The summed E-state index contributed by atoms with van der Waals surface area (Å²) in [6.07, 6.45) is 3.92. The van der Waals surface area contributed by atoms with E-state index in [4.69, 9.17) is 0 Å². The summed E-state index contributed by atoms with van der Waals surface area (Å²) in [5, 5.41) is 3.02. The van der Waals surface area contributed by atoms with Gasteiger partial charge in [0.15, 0.2) is 0 Å². The number of carbonyl (C=O) groups excluding carboxylic acids is 1. The Hall–Kier alpha value is -2.25. The average Bonchev–Trinajstić information content (AvgIpc) is 2.65. The summed E-state index contributed by atoms with van der Waals surface area (Å²) in [6.45, 7) is 4.60. The molecule has 2 heterocycles. The number of hydrogen-bond donors (Lipinski definition) is 1. The third-order valence-corrected chi connectivity index (χ3v) is 6.71. The number of para-hydroxylation sites is 1. The molecule has 2 aromatic rings. The summed E-state index contributed by atoms with van der Waals surface area (Å²) in [5.74, 6) is -0.227. The second-order valence-corrected chi connectivity index (χ2v) is 8.56. The zero-order valence-corrected chi connectivity index (χ0v) is 15.8. The number of hydrogen-bond acceptors (Lipinski definition) is 4. The van der Waals surface area contributed by atoms with Crippen molar-refractivity contribution < 1.29 is 13.2 Å². The quantitative estimate of drug-likeness (QED) is 0.894. The first-order valence-corrected chi connectivity index (χ1v) is 10.1. The molecule has 1 amide bonds. The van der Waals surface area contributed by atoms with E-state index in [1.807, 2.05) is 32.0 Å². The van der Waals surface area contributed by atoms with Crippen molar-refractivity contribution in [2.75, 3.05) is 18.4 Å². The highest BCUT2D eigenvalue weighted by Gasteiger charge is 2.32. The minimum Gasteiger partial charge on any atom is -0.325 e. The SMILES string of the molecule is Cc1cccc(C)c1NC(=O)C1CCN(S(=O)(=O)c2cccnc2)CC1. The summed E-state index contributed by atoms with van der Waals surface area (Å²) >= 11 is 0. The van der Waals surface area contributed by atoms with Gasteiger partial charge in [0.2, 0.25) is 15.9 Å². The second kappa shape index (κ2) is 7.55. The Labute approximate surface area is 154 Å². The van der Waals surface area contributed by atoms with Crippen LogP contribution in [0.1, 0.15) is 24.0 Å². The lowest BCUT2D eigenvalue weighted by Gasteiger charge is -2.30. The molecular formula is C19H23N3O3S. The standard InChI is InChI=1S/C19H23N3O3S/c1-14-5-3-6-15(2)18(14)21-19(23)16-8-11-22(12-9-16)26(24,25)17-7-4-10-20-13-17/h3-7,10,13,16H,8-9,11-12H2,1-2H3,(H,21,23). The number of amides is 1. The van der Waals surface area contributed by atoms with Crippen molar-refractivity contribution in [2.45, 2.75) is 31.6 Å². The van der Waals surface area contributed by atoms with E-state index < -0.39 is 10.0 Å². The van der Waals surface area contributed by atoms with Gasteiger partial charge < -0.3 is 5.32 Å². The summed E-state index contributed by atoms with van der Waals surface area (Å²) in [4.78, 5) is 16.7. The van der Waals surface area contributed by atoms with Gasteiger partial charge in [0.25, 0.3) is 0 Å². The molecule has 1 saturated heterocycles. The zero-order valence-electron chi connectivity index (χ0n) is 15.0. The van der Waals surface area contributed by atoms with Crippen molar-refractivity contribution in [3.8, 4) is 0 Å². The van der Waals surface area contributed by atoms with Gasteiger partial charge in [0.05, 0.1) is 0 Å². The number of benzene rings is 1. The first kappa shape index (κ1) is 18.5. The van der Waals surface area contributed by atoms with Gasteiger partial charge in [0, 0.05) is 37.1 Å². The Morgan fingerprint density at radius 2 is 1.77 bits per heavy atom. The number of pyridine rings is 1. The van der Waals surface area contributed by atoms with E-state index in [0.717, 1.165) is 16.8 Å². The molecule has 1 aliphatic heterocycles. The number of aromatic nitrogens is 1. The van der Waals surface area contributed by atoms with Gasteiger partial charge in [-0.15, -0.1) is 0 Å². The molecule has 0 atom stereocenters. The van der Waals surface area contributed by atoms with Gasteiger partial charge in [-0.05, 0) is 49.9 Å². The number of sulfonamides is 1. The maximum atomic E-state index is 12.6. The fourth-order valence-corrected chi connectivity index (χ4v) is 4.68. The van der Waals surface area contributed by atoms with Crippen molar-refractivity contribution in [3.63, 3.8) is 0 Å². The number of piperidine rings is 1. The van der Waals surface area contributed by atoms with E-state index in [9.17, 15) is 13.2 Å². The predicted molar refractivity (Wildman–Crippen MR) is 100 cm³/mol. The highest BCUT2D eigenvalue weighted by molar-refractivity contribution is 7.89. The summed E-state index contributed by atoms with van der Waals surface area (Å²) < 4.78 is 26.7. The van der Waals surface area contributed by atoms with Crippen molar-refractivity contribution in [3.05, 3.63) is 53.9 Å². The molecular weight excluding hydrogens is 350 g/mol. The zero-order chi connectivity index (χ0) is 18.7. The Kier molecular flexibility index (Phi) is 5.38. The molecule has 0 spiro atoms. The van der Waals surface area contributed by atoms with Crippen molar-refractivity contribution in [1.82, 2.24) is 9.29 Å². The van der Waals surface area contributed by atoms with Crippen LogP contribution < -0.4 is 5.32 Å². The molecule has 0 radical (unpaired) electrons. The van der Waals surface area contributed by atoms with Crippen LogP contribution in [0.25, 0.3) is 0 Å². The molecule has 138 valence electrons. The van der Waals surface area contributed by atoms with Crippen LogP contribution in [0.2, 0.25) is 0 Å².